The van der Waals surface area contributed by atoms with Crippen LogP contribution in [-0.4, -0.2) is 67.7 Å². The molecule has 0 saturated heterocycles. The number of phenolic OH excluding ortho intramolecular Hbond substituents is 6. The number of aromatic nitrogens is 6. The molecule has 0 unspecified atom stereocenters. The van der Waals surface area contributed by atoms with Crippen LogP contribution in [0.4, 0.5) is 26.3 Å². The molecule has 0 fully saturated rings. The average molecular weight is 1210 g/mol. The second-order valence-electron chi connectivity index (χ2n) is 20.6. The summed E-state index contributed by atoms with van der Waals surface area (Å²) < 4.78 is 80.3. The summed E-state index contributed by atoms with van der Waals surface area (Å²) in [5.74, 6) is 0.754. The lowest BCUT2D eigenvalue weighted by atomic mass is 10.0. The summed E-state index contributed by atoms with van der Waals surface area (Å²) in [7, 11) is 1.61. The molecular weight excluding hydrogens is 1150 g/mol. The molecule has 0 aliphatic heterocycles. The van der Waals surface area contributed by atoms with Gasteiger partial charge in [-0.05, 0) is 145 Å². The number of hydrogen-bond acceptors (Lipinski definition) is 13. The summed E-state index contributed by atoms with van der Waals surface area (Å²) in [6.07, 6.45) is -8.93. The van der Waals surface area contributed by atoms with Crippen LogP contribution in [0, 0.1) is 48.5 Å². The van der Waals surface area contributed by atoms with E-state index in [1.165, 1.54) is 6.07 Å². The first-order valence-corrected chi connectivity index (χ1v) is 27.4. The highest BCUT2D eigenvalue weighted by molar-refractivity contribution is 5.91. The number of methoxy groups -OCH3 is 1. The number of rotatable bonds is 2. The van der Waals surface area contributed by atoms with Gasteiger partial charge in [-0.15, -0.1) is 0 Å². The lowest BCUT2D eigenvalue weighted by Gasteiger charge is -2.11. The molecule has 0 radical (unpaired) electrons. The minimum Gasteiger partial charge on any atom is -0.506 e. The molecule has 0 aliphatic carbocycles. The lowest BCUT2D eigenvalue weighted by molar-refractivity contribution is -0.138. The van der Waals surface area contributed by atoms with E-state index >= 15 is 0 Å². The number of aryl methyl sites for hydroxylation is 7. The first kappa shape index (κ1) is 64.2. The molecule has 7 aromatic carbocycles. The molecule has 6 N–H and O–H groups in total. The molecule has 0 atom stereocenters. The molecule has 89 heavy (non-hydrogen) atoms. The Morgan fingerprint density at radius 3 is 1.24 bits per heavy atom. The van der Waals surface area contributed by atoms with Crippen LogP contribution in [0.2, 0.25) is 0 Å². The number of hydrogen-bond donors (Lipinski definition) is 6. The van der Waals surface area contributed by atoms with Gasteiger partial charge in [0, 0.05) is 72.4 Å². The van der Waals surface area contributed by atoms with Crippen LogP contribution in [0.1, 0.15) is 50.7 Å². The van der Waals surface area contributed by atoms with E-state index in [0.29, 0.717) is 56.5 Å². The van der Waals surface area contributed by atoms with Gasteiger partial charge in [-0.3, -0.25) is 0 Å². The highest BCUT2D eigenvalue weighted by atomic mass is 19.4. The molecule has 13 aromatic rings. The SMILES string of the molecule is COc1cc(C)nc2c(O)cccc12.Cc1cc(C)c2cc(C(F)(F)F)cc(O)c2n1.Cc1cc(C)c2cccc(O)c2n1.Cc1ccc2cc(C(F)(F)F)cc(O)c2n1.Cc1ccc2cccc(O)c2n1.Oc1cccc2ccc(-c3ccccc3)nc12. The standard InChI is InChI=1S/C15H11NO.C12H10F3NO.C11H8F3NO.C11H11NO2.C11H11NO.C10H9NO/c17-14-8-4-7-12-9-10-13(16-15(12)14)11-5-2-1-3-6-11;1-6-3-7(2)16-11-9(6)4-8(5-10(11)17)12(13,14)15;1-6-2-3-7-4-8(11(12,13)14)5-9(16)10(7)15-6;1-7-6-10(14-2)8-4-3-5-9(13)11(8)12-7;1-7-6-8(2)12-11-9(7)4-3-5-10(11)13;1-7-5-6-8-3-2-4-9(12)10(8)11-7/h1-10,17H;3-5,17H,1-2H3;2-5,16H,1H3;3-6,13H,1-2H3;3-6,13H,1-2H3;2-6,12H,1H3. The van der Waals surface area contributed by atoms with E-state index in [1.807, 2.05) is 137 Å². The molecule has 454 valence electrons. The monoisotopic (exact) mass is 1210 g/mol. The van der Waals surface area contributed by atoms with Gasteiger partial charge >= 0.3 is 12.4 Å². The van der Waals surface area contributed by atoms with Crippen molar-refractivity contribution in [3.05, 3.63) is 233 Å². The van der Waals surface area contributed by atoms with Gasteiger partial charge in [-0.1, -0.05) is 91.0 Å². The molecule has 6 aromatic heterocycles. The Bertz CT molecular complexity index is 4700. The fourth-order valence-electron chi connectivity index (χ4n) is 9.47. The number of alkyl halides is 6. The Kier molecular flexibility index (Phi) is 19.7. The Balaban J connectivity index is 0.000000139. The highest BCUT2D eigenvalue weighted by Crippen LogP contribution is 2.38. The van der Waals surface area contributed by atoms with Crippen molar-refractivity contribution in [3.8, 4) is 51.5 Å². The van der Waals surface area contributed by atoms with Gasteiger partial charge in [0.1, 0.15) is 73.3 Å². The third-order valence-electron chi connectivity index (χ3n) is 13.7. The molecule has 6 heterocycles. The summed E-state index contributed by atoms with van der Waals surface area (Å²) in [6.45, 7) is 12.9. The maximum Gasteiger partial charge on any atom is 0.416 e. The van der Waals surface area contributed by atoms with Crippen LogP contribution >= 0.6 is 0 Å². The van der Waals surface area contributed by atoms with Gasteiger partial charge in [0.15, 0.2) is 0 Å². The Hall–Kier alpha value is -10.8. The van der Waals surface area contributed by atoms with Gasteiger partial charge in [-0.2, -0.15) is 26.3 Å². The number of phenols is 6. The zero-order chi connectivity index (χ0) is 64.5. The van der Waals surface area contributed by atoms with Gasteiger partial charge in [0.2, 0.25) is 0 Å². The topological polar surface area (TPSA) is 208 Å². The van der Waals surface area contributed by atoms with Gasteiger partial charge < -0.3 is 35.4 Å². The third-order valence-corrected chi connectivity index (χ3v) is 13.7. The molecule has 0 saturated carbocycles. The molecule has 13 nitrogen and oxygen atoms in total. The minimum atomic E-state index is -4.47. The van der Waals surface area contributed by atoms with Crippen LogP contribution in [0.15, 0.2) is 182 Å². The Morgan fingerprint density at radius 1 is 0.315 bits per heavy atom. The predicted molar refractivity (Wildman–Crippen MR) is 336 cm³/mol. The van der Waals surface area contributed by atoms with Gasteiger partial charge in [0.05, 0.1) is 23.9 Å². The highest BCUT2D eigenvalue weighted by Gasteiger charge is 2.33. The number of benzene rings is 7. The smallest absolute Gasteiger partial charge is 0.416 e. The molecule has 13 rings (SSSR count). The Morgan fingerprint density at radius 2 is 0.708 bits per heavy atom. The van der Waals surface area contributed by atoms with Crippen molar-refractivity contribution in [3.63, 3.8) is 0 Å². The van der Waals surface area contributed by atoms with Crippen LogP contribution in [0.5, 0.6) is 40.2 Å². The van der Waals surface area contributed by atoms with E-state index in [-0.39, 0.29) is 39.4 Å². The molecule has 19 heteroatoms. The van der Waals surface area contributed by atoms with Crippen molar-refractivity contribution in [2.45, 2.75) is 60.8 Å². The number of halogens is 6. The van der Waals surface area contributed by atoms with Crippen LogP contribution in [0.3, 0.4) is 0 Å². The zero-order valence-electron chi connectivity index (χ0n) is 49.4. The van der Waals surface area contributed by atoms with Gasteiger partial charge in [-0.25, -0.2) is 29.9 Å². The Labute approximate surface area is 507 Å². The molecular formula is C70H60F6N6O7. The first-order chi connectivity index (χ1) is 42.2. The number of nitrogens with zero attached hydrogens (tertiary/aromatic N) is 6. The second-order valence-corrected chi connectivity index (χ2v) is 20.6. The summed E-state index contributed by atoms with van der Waals surface area (Å²) in [5.41, 5.74) is 8.99. The largest absolute Gasteiger partial charge is 0.506 e. The fraction of sp³-hybridized carbons (Fsp3) is 0.143. The van der Waals surface area contributed by atoms with E-state index in [0.717, 1.165) is 73.3 Å². The van der Waals surface area contributed by atoms with Gasteiger partial charge in [0.25, 0.3) is 0 Å². The quantitative estimate of drug-likeness (QED) is 0.0892. The molecule has 0 spiro atoms. The van der Waals surface area contributed by atoms with E-state index in [1.54, 1.807) is 70.3 Å². The van der Waals surface area contributed by atoms with Crippen LogP contribution in [-0.2, 0) is 12.4 Å². The molecule has 0 bridgehead atoms. The lowest BCUT2D eigenvalue weighted by Crippen LogP contribution is -2.05. The summed E-state index contributed by atoms with van der Waals surface area (Å²) in [6, 6.07) is 51.4. The normalized spacial score (nSPS) is 11.1. The predicted octanol–water partition coefficient (Wildman–Crippen LogP) is 17.5. The summed E-state index contributed by atoms with van der Waals surface area (Å²) >= 11 is 0. The zero-order valence-corrected chi connectivity index (χ0v) is 49.4. The van der Waals surface area contributed by atoms with Crippen molar-refractivity contribution in [2.75, 3.05) is 7.11 Å². The maximum absolute atomic E-state index is 12.6. The van der Waals surface area contributed by atoms with Crippen molar-refractivity contribution < 1.29 is 61.7 Å². The maximum atomic E-state index is 12.6. The second kappa shape index (κ2) is 27.3. The number of para-hydroxylation sites is 4. The number of aromatic hydroxyl groups is 6. The minimum absolute atomic E-state index is 0.185. The summed E-state index contributed by atoms with van der Waals surface area (Å²) in [5, 5.41) is 61.8. The van der Waals surface area contributed by atoms with Crippen molar-refractivity contribution >= 4 is 65.4 Å². The number of fused-ring (bicyclic) bond motifs is 6. The van der Waals surface area contributed by atoms with E-state index in [4.69, 9.17) is 4.74 Å². The summed E-state index contributed by atoms with van der Waals surface area (Å²) in [4.78, 5) is 25.3. The first-order valence-electron chi connectivity index (χ1n) is 27.4. The molecule has 0 aliphatic rings. The molecule has 0 amide bonds. The van der Waals surface area contributed by atoms with Crippen LogP contribution in [0.25, 0.3) is 76.7 Å². The van der Waals surface area contributed by atoms with Crippen molar-refractivity contribution in [1.29, 1.82) is 0 Å². The number of pyridine rings is 6. The van der Waals surface area contributed by atoms with Crippen LogP contribution < -0.4 is 4.74 Å². The van der Waals surface area contributed by atoms with Crippen molar-refractivity contribution in [1.82, 2.24) is 29.9 Å². The van der Waals surface area contributed by atoms with E-state index in [9.17, 15) is 57.0 Å². The fourth-order valence-corrected chi connectivity index (χ4v) is 9.47. The average Bonchev–Trinajstić information content (AvgIpc) is 3.32. The van der Waals surface area contributed by atoms with E-state index < -0.39 is 35.0 Å². The third kappa shape index (κ3) is 15.8. The van der Waals surface area contributed by atoms with Crippen molar-refractivity contribution in [2.24, 2.45) is 0 Å². The number of ether oxygens (including phenoxy) is 1. The van der Waals surface area contributed by atoms with E-state index in [2.05, 4.69) is 29.9 Å².